The Morgan fingerprint density at radius 1 is 1.00 bits per heavy atom. The van der Waals surface area contributed by atoms with Gasteiger partial charge in [0.2, 0.25) is 0 Å². The SMILES string of the molecule is Cc1cc2c(cc1Cc1ccc(C(=O)NC(C)c3ccc(F)cc3)o1)C(C)(C)CCC2(C)C. The first kappa shape index (κ1) is 23.3. The minimum absolute atomic E-state index is 0.151. The number of fused-ring (bicyclic) bond motifs is 1. The van der Waals surface area contributed by atoms with Gasteiger partial charge in [0.1, 0.15) is 11.6 Å². The third kappa shape index (κ3) is 4.75. The van der Waals surface area contributed by atoms with Crippen LogP contribution >= 0.6 is 0 Å². The number of halogens is 1. The Kier molecular flexibility index (Phi) is 5.98. The number of rotatable bonds is 5. The van der Waals surface area contributed by atoms with Crippen LogP contribution in [0.4, 0.5) is 4.39 Å². The highest BCUT2D eigenvalue weighted by molar-refractivity contribution is 5.91. The Morgan fingerprint density at radius 2 is 1.61 bits per heavy atom. The average Bonchev–Trinajstić information content (AvgIpc) is 3.22. The molecule has 1 aliphatic carbocycles. The molecule has 0 saturated heterocycles. The fourth-order valence-electron chi connectivity index (χ4n) is 4.84. The number of carbonyl (C=O) groups excluding carboxylic acids is 1. The van der Waals surface area contributed by atoms with Crippen molar-refractivity contribution in [2.75, 3.05) is 0 Å². The van der Waals surface area contributed by atoms with E-state index >= 15 is 0 Å². The van der Waals surface area contributed by atoms with Crippen molar-refractivity contribution in [3.8, 4) is 0 Å². The summed E-state index contributed by atoms with van der Waals surface area (Å²) in [6.07, 6.45) is 3.02. The van der Waals surface area contributed by atoms with Gasteiger partial charge in [-0.25, -0.2) is 4.39 Å². The van der Waals surface area contributed by atoms with Crippen LogP contribution in [0.15, 0.2) is 52.9 Å². The second-order valence-electron chi connectivity index (χ2n) is 10.8. The summed E-state index contributed by atoms with van der Waals surface area (Å²) < 4.78 is 19.1. The van der Waals surface area contributed by atoms with Crippen LogP contribution in [0.2, 0.25) is 0 Å². The Bertz CT molecular complexity index is 1170. The maximum atomic E-state index is 13.2. The van der Waals surface area contributed by atoms with Crippen LogP contribution in [0.3, 0.4) is 0 Å². The number of hydrogen-bond donors (Lipinski definition) is 1. The largest absolute Gasteiger partial charge is 0.456 e. The highest BCUT2D eigenvalue weighted by Crippen LogP contribution is 2.46. The van der Waals surface area contributed by atoms with Crippen molar-refractivity contribution in [3.05, 3.63) is 93.7 Å². The molecule has 1 unspecified atom stereocenters. The highest BCUT2D eigenvalue weighted by Gasteiger charge is 2.37. The fourth-order valence-corrected chi connectivity index (χ4v) is 4.84. The lowest BCUT2D eigenvalue weighted by Gasteiger charge is -2.42. The van der Waals surface area contributed by atoms with Gasteiger partial charge >= 0.3 is 0 Å². The van der Waals surface area contributed by atoms with Gasteiger partial charge in [0, 0.05) is 6.42 Å². The van der Waals surface area contributed by atoms with E-state index in [0.29, 0.717) is 6.42 Å². The van der Waals surface area contributed by atoms with Crippen molar-refractivity contribution in [2.24, 2.45) is 0 Å². The Hall–Kier alpha value is -2.88. The van der Waals surface area contributed by atoms with Crippen molar-refractivity contribution >= 4 is 5.91 Å². The van der Waals surface area contributed by atoms with Crippen molar-refractivity contribution in [2.45, 2.75) is 77.7 Å². The molecule has 0 radical (unpaired) electrons. The molecule has 4 rings (SSSR count). The molecule has 0 fully saturated rings. The van der Waals surface area contributed by atoms with Gasteiger partial charge in [0.15, 0.2) is 5.76 Å². The zero-order chi connectivity index (χ0) is 24.0. The van der Waals surface area contributed by atoms with Gasteiger partial charge in [-0.3, -0.25) is 4.79 Å². The zero-order valence-corrected chi connectivity index (χ0v) is 20.5. The highest BCUT2D eigenvalue weighted by atomic mass is 19.1. The Balaban J connectivity index is 1.52. The number of aryl methyl sites for hydroxylation is 1. The fraction of sp³-hybridized carbons (Fsp3) is 0.414. The lowest BCUT2D eigenvalue weighted by Crippen LogP contribution is -2.34. The molecule has 174 valence electrons. The van der Waals surface area contributed by atoms with Crippen LogP contribution in [0, 0.1) is 12.7 Å². The van der Waals surface area contributed by atoms with E-state index in [1.807, 2.05) is 13.0 Å². The number of amides is 1. The van der Waals surface area contributed by atoms with Crippen molar-refractivity contribution in [1.82, 2.24) is 5.32 Å². The smallest absolute Gasteiger partial charge is 0.287 e. The number of nitrogens with one attached hydrogen (secondary N) is 1. The number of furan rings is 1. The second kappa shape index (κ2) is 8.48. The summed E-state index contributed by atoms with van der Waals surface area (Å²) in [5.41, 5.74) is 6.55. The van der Waals surface area contributed by atoms with Crippen LogP contribution in [0.1, 0.15) is 97.6 Å². The molecule has 0 aliphatic heterocycles. The maximum absolute atomic E-state index is 13.2. The molecule has 0 spiro atoms. The summed E-state index contributed by atoms with van der Waals surface area (Å²) in [7, 11) is 0. The molecule has 4 heteroatoms. The lowest BCUT2D eigenvalue weighted by atomic mass is 9.62. The number of carbonyl (C=O) groups is 1. The van der Waals surface area contributed by atoms with Crippen molar-refractivity contribution in [3.63, 3.8) is 0 Å². The Labute approximate surface area is 196 Å². The predicted molar refractivity (Wildman–Crippen MR) is 130 cm³/mol. The molecule has 1 amide bonds. The van der Waals surface area contributed by atoms with Gasteiger partial charge in [0.25, 0.3) is 5.91 Å². The molecular weight excluding hydrogens is 413 g/mol. The molecule has 3 aromatic rings. The van der Waals surface area contributed by atoms with E-state index in [9.17, 15) is 9.18 Å². The standard InChI is InChI=1S/C29H34FNO2/c1-18-15-24-25(29(5,6)14-13-28(24,3)4)17-21(18)16-23-11-12-26(33-23)27(32)31-19(2)20-7-9-22(30)10-8-20/h7-12,15,17,19H,13-14,16H2,1-6H3,(H,31,32). The molecule has 1 aromatic heterocycles. The van der Waals surface area contributed by atoms with Crippen LogP contribution in [0.5, 0.6) is 0 Å². The summed E-state index contributed by atoms with van der Waals surface area (Å²) in [6.45, 7) is 13.4. The molecule has 0 saturated carbocycles. The van der Waals surface area contributed by atoms with Gasteiger partial charge < -0.3 is 9.73 Å². The van der Waals surface area contributed by atoms with Crippen LogP contribution < -0.4 is 5.32 Å². The topological polar surface area (TPSA) is 42.2 Å². The van der Waals surface area contributed by atoms with E-state index in [2.05, 4.69) is 52.1 Å². The molecule has 1 aliphatic rings. The molecule has 2 aromatic carbocycles. The molecule has 3 nitrogen and oxygen atoms in total. The van der Waals surface area contributed by atoms with Crippen molar-refractivity contribution in [1.29, 1.82) is 0 Å². The van der Waals surface area contributed by atoms with Crippen LogP contribution in [-0.4, -0.2) is 5.91 Å². The van der Waals surface area contributed by atoms with Crippen LogP contribution in [-0.2, 0) is 17.3 Å². The minimum Gasteiger partial charge on any atom is -0.456 e. The van der Waals surface area contributed by atoms with E-state index < -0.39 is 0 Å². The quantitative estimate of drug-likeness (QED) is 0.451. The summed E-state index contributed by atoms with van der Waals surface area (Å²) in [5, 5.41) is 2.93. The first-order valence-corrected chi connectivity index (χ1v) is 11.8. The van der Waals surface area contributed by atoms with E-state index in [4.69, 9.17) is 4.42 Å². The van der Waals surface area contributed by atoms with Crippen molar-refractivity contribution < 1.29 is 13.6 Å². The molecule has 33 heavy (non-hydrogen) atoms. The van der Waals surface area contributed by atoms with Gasteiger partial charge in [-0.15, -0.1) is 0 Å². The lowest BCUT2D eigenvalue weighted by molar-refractivity contribution is 0.0910. The molecular formula is C29H34FNO2. The number of benzene rings is 2. The summed E-state index contributed by atoms with van der Waals surface area (Å²) >= 11 is 0. The monoisotopic (exact) mass is 447 g/mol. The summed E-state index contributed by atoms with van der Waals surface area (Å²) in [6, 6.07) is 14.2. The van der Waals surface area contributed by atoms with Gasteiger partial charge in [0.05, 0.1) is 6.04 Å². The molecule has 1 heterocycles. The number of hydrogen-bond acceptors (Lipinski definition) is 2. The summed E-state index contributed by atoms with van der Waals surface area (Å²) in [5.74, 6) is 0.488. The average molecular weight is 448 g/mol. The first-order chi connectivity index (χ1) is 15.5. The molecule has 1 N–H and O–H groups in total. The van der Waals surface area contributed by atoms with E-state index in [1.165, 1.54) is 47.2 Å². The normalized spacial score (nSPS) is 17.3. The van der Waals surface area contributed by atoms with Gasteiger partial charge in [-0.2, -0.15) is 0 Å². The van der Waals surface area contributed by atoms with E-state index in [1.54, 1.807) is 18.2 Å². The second-order valence-corrected chi connectivity index (χ2v) is 10.8. The predicted octanol–water partition coefficient (Wildman–Crippen LogP) is 7.16. The van der Waals surface area contributed by atoms with E-state index in [0.717, 1.165) is 11.3 Å². The van der Waals surface area contributed by atoms with Gasteiger partial charge in [-0.05, 0) is 89.6 Å². The van der Waals surface area contributed by atoms with Gasteiger partial charge in [-0.1, -0.05) is 52.0 Å². The molecule has 1 atom stereocenters. The van der Waals surface area contributed by atoms with E-state index in [-0.39, 0.29) is 34.4 Å². The minimum atomic E-state index is -0.294. The Morgan fingerprint density at radius 3 is 2.24 bits per heavy atom. The third-order valence-electron chi connectivity index (χ3n) is 7.28. The summed E-state index contributed by atoms with van der Waals surface area (Å²) in [4.78, 5) is 12.7. The first-order valence-electron chi connectivity index (χ1n) is 11.8. The van der Waals surface area contributed by atoms with Crippen LogP contribution in [0.25, 0.3) is 0 Å². The zero-order valence-electron chi connectivity index (χ0n) is 20.5. The molecule has 0 bridgehead atoms. The maximum Gasteiger partial charge on any atom is 0.287 e. The third-order valence-corrected chi connectivity index (χ3v) is 7.28.